The standard InChI is InChI=1S/C19H26N4O2/c1-15-11-17(25-21-15)12-20-18(24)22-9-10-23(19(2,3)14-22)13-16-7-5-4-6-8-16/h4-8,11H,9-10,12-14H2,1-3H3,(H,20,24). The van der Waals surface area contributed by atoms with E-state index in [0.717, 1.165) is 25.3 Å². The summed E-state index contributed by atoms with van der Waals surface area (Å²) in [5, 5.41) is 6.75. The molecule has 1 aliphatic heterocycles. The molecule has 25 heavy (non-hydrogen) atoms. The van der Waals surface area contributed by atoms with Crippen molar-refractivity contribution in [2.45, 2.75) is 39.4 Å². The summed E-state index contributed by atoms with van der Waals surface area (Å²) in [6, 6.07) is 12.2. The lowest BCUT2D eigenvalue weighted by Crippen LogP contribution is -2.61. The molecule has 2 amide bonds. The van der Waals surface area contributed by atoms with Gasteiger partial charge in [-0.25, -0.2) is 4.79 Å². The van der Waals surface area contributed by atoms with Gasteiger partial charge in [-0.15, -0.1) is 0 Å². The molecule has 0 saturated carbocycles. The third-order valence-corrected chi connectivity index (χ3v) is 4.67. The molecule has 1 N–H and O–H groups in total. The largest absolute Gasteiger partial charge is 0.359 e. The van der Waals surface area contributed by atoms with Crippen LogP contribution in [0.3, 0.4) is 0 Å². The number of piperazine rings is 1. The molecule has 0 radical (unpaired) electrons. The van der Waals surface area contributed by atoms with E-state index in [4.69, 9.17) is 4.52 Å². The molecule has 2 heterocycles. The van der Waals surface area contributed by atoms with Crippen LogP contribution in [0.5, 0.6) is 0 Å². The number of nitrogens with zero attached hydrogens (tertiary/aromatic N) is 3. The van der Waals surface area contributed by atoms with Crippen LogP contribution >= 0.6 is 0 Å². The fourth-order valence-electron chi connectivity index (χ4n) is 3.23. The van der Waals surface area contributed by atoms with Crippen LogP contribution < -0.4 is 5.32 Å². The number of hydrogen-bond donors (Lipinski definition) is 1. The summed E-state index contributed by atoms with van der Waals surface area (Å²) >= 11 is 0. The lowest BCUT2D eigenvalue weighted by Gasteiger charge is -2.47. The Morgan fingerprint density at radius 2 is 2.04 bits per heavy atom. The lowest BCUT2D eigenvalue weighted by molar-refractivity contribution is 0.0296. The maximum Gasteiger partial charge on any atom is 0.317 e. The first-order chi connectivity index (χ1) is 11.9. The summed E-state index contributed by atoms with van der Waals surface area (Å²) in [6.07, 6.45) is 0. The van der Waals surface area contributed by atoms with Gasteiger partial charge in [0.2, 0.25) is 0 Å². The van der Waals surface area contributed by atoms with Crippen molar-refractivity contribution in [3.05, 3.63) is 53.4 Å². The normalized spacial score (nSPS) is 17.5. The maximum atomic E-state index is 12.5. The molecule has 1 aliphatic rings. The topological polar surface area (TPSA) is 61.6 Å². The van der Waals surface area contributed by atoms with E-state index in [2.05, 4.69) is 53.5 Å². The van der Waals surface area contributed by atoms with Crippen LogP contribution in [0.4, 0.5) is 4.79 Å². The van der Waals surface area contributed by atoms with E-state index in [0.29, 0.717) is 18.8 Å². The molecule has 6 nitrogen and oxygen atoms in total. The Morgan fingerprint density at radius 1 is 1.28 bits per heavy atom. The van der Waals surface area contributed by atoms with Crippen LogP contribution in [0.1, 0.15) is 30.9 Å². The van der Waals surface area contributed by atoms with Gasteiger partial charge in [-0.3, -0.25) is 4.90 Å². The second-order valence-corrected chi connectivity index (χ2v) is 7.23. The summed E-state index contributed by atoms with van der Waals surface area (Å²) in [5.74, 6) is 0.674. The summed E-state index contributed by atoms with van der Waals surface area (Å²) in [5.41, 5.74) is 2.04. The molecule has 1 fully saturated rings. The van der Waals surface area contributed by atoms with Crippen molar-refractivity contribution < 1.29 is 9.32 Å². The second-order valence-electron chi connectivity index (χ2n) is 7.23. The van der Waals surface area contributed by atoms with Gasteiger partial charge in [-0.2, -0.15) is 0 Å². The second kappa shape index (κ2) is 7.27. The summed E-state index contributed by atoms with van der Waals surface area (Å²) in [6.45, 7) is 9.79. The number of benzene rings is 1. The first-order valence-corrected chi connectivity index (χ1v) is 8.68. The third-order valence-electron chi connectivity index (χ3n) is 4.67. The Hall–Kier alpha value is -2.34. The van der Waals surface area contributed by atoms with Crippen molar-refractivity contribution in [2.24, 2.45) is 0 Å². The number of nitrogens with one attached hydrogen (secondary N) is 1. The summed E-state index contributed by atoms with van der Waals surface area (Å²) in [7, 11) is 0. The fraction of sp³-hybridized carbons (Fsp3) is 0.474. The lowest BCUT2D eigenvalue weighted by atomic mass is 9.98. The smallest absolute Gasteiger partial charge is 0.317 e. The van der Waals surface area contributed by atoms with Crippen molar-refractivity contribution in [3.63, 3.8) is 0 Å². The number of rotatable bonds is 4. The molecule has 3 rings (SSSR count). The zero-order chi connectivity index (χ0) is 17.9. The van der Waals surface area contributed by atoms with Crippen LogP contribution in [-0.4, -0.2) is 46.2 Å². The number of carbonyl (C=O) groups excluding carboxylic acids is 1. The summed E-state index contributed by atoms with van der Waals surface area (Å²) < 4.78 is 5.13. The van der Waals surface area contributed by atoms with Gasteiger partial charge in [0.25, 0.3) is 0 Å². The van der Waals surface area contributed by atoms with Crippen molar-refractivity contribution >= 4 is 6.03 Å². The van der Waals surface area contributed by atoms with Crippen LogP contribution in [0.15, 0.2) is 40.9 Å². The highest BCUT2D eigenvalue weighted by Crippen LogP contribution is 2.23. The first-order valence-electron chi connectivity index (χ1n) is 8.68. The minimum Gasteiger partial charge on any atom is -0.359 e. The maximum absolute atomic E-state index is 12.5. The number of urea groups is 1. The average molecular weight is 342 g/mol. The van der Waals surface area contributed by atoms with E-state index < -0.39 is 0 Å². The quantitative estimate of drug-likeness (QED) is 0.928. The molecular weight excluding hydrogens is 316 g/mol. The van der Waals surface area contributed by atoms with Crippen molar-refractivity contribution in [3.8, 4) is 0 Å². The molecule has 0 unspecified atom stereocenters. The molecular formula is C19H26N4O2. The van der Waals surface area contributed by atoms with Gasteiger partial charge in [0.05, 0.1) is 12.2 Å². The van der Waals surface area contributed by atoms with Gasteiger partial charge in [-0.05, 0) is 26.3 Å². The molecule has 0 aliphatic carbocycles. The van der Waals surface area contributed by atoms with E-state index >= 15 is 0 Å². The van der Waals surface area contributed by atoms with E-state index in [9.17, 15) is 4.79 Å². The molecule has 1 saturated heterocycles. The first kappa shape index (κ1) is 17.5. The van der Waals surface area contributed by atoms with Crippen LogP contribution in [0, 0.1) is 6.92 Å². The zero-order valence-electron chi connectivity index (χ0n) is 15.2. The van der Waals surface area contributed by atoms with Gasteiger partial charge in [0.1, 0.15) is 0 Å². The van der Waals surface area contributed by atoms with Crippen molar-refractivity contribution in [2.75, 3.05) is 19.6 Å². The number of amides is 2. The van der Waals surface area contributed by atoms with Crippen molar-refractivity contribution in [1.29, 1.82) is 0 Å². The Bertz CT molecular complexity index is 711. The Labute approximate surface area is 148 Å². The number of carbonyl (C=O) groups is 1. The van der Waals surface area contributed by atoms with E-state index in [1.54, 1.807) is 0 Å². The predicted molar refractivity (Wildman–Crippen MR) is 96.0 cm³/mol. The number of aryl methyl sites for hydroxylation is 1. The molecule has 134 valence electrons. The highest BCUT2D eigenvalue weighted by Gasteiger charge is 2.35. The van der Waals surface area contributed by atoms with Crippen LogP contribution in [0.2, 0.25) is 0 Å². The Morgan fingerprint density at radius 3 is 2.68 bits per heavy atom. The molecule has 6 heteroatoms. The predicted octanol–water partition coefficient (Wildman–Crippen LogP) is 2.79. The zero-order valence-corrected chi connectivity index (χ0v) is 15.2. The SMILES string of the molecule is Cc1cc(CNC(=O)N2CCN(Cc3ccccc3)C(C)(C)C2)on1. The highest BCUT2D eigenvalue weighted by molar-refractivity contribution is 5.74. The molecule has 2 aromatic rings. The molecule has 0 spiro atoms. The van der Waals surface area contributed by atoms with Crippen LogP contribution in [-0.2, 0) is 13.1 Å². The van der Waals surface area contributed by atoms with Crippen molar-refractivity contribution in [1.82, 2.24) is 20.3 Å². The van der Waals surface area contributed by atoms with Gasteiger partial charge < -0.3 is 14.7 Å². The number of hydrogen-bond acceptors (Lipinski definition) is 4. The minimum absolute atomic E-state index is 0.0542. The minimum atomic E-state index is -0.0751. The Balaban J connectivity index is 1.55. The number of aromatic nitrogens is 1. The molecule has 1 aromatic heterocycles. The highest BCUT2D eigenvalue weighted by atomic mass is 16.5. The van der Waals surface area contributed by atoms with Gasteiger partial charge >= 0.3 is 6.03 Å². The van der Waals surface area contributed by atoms with E-state index in [-0.39, 0.29) is 11.6 Å². The molecule has 1 aromatic carbocycles. The van der Waals surface area contributed by atoms with Crippen LogP contribution in [0.25, 0.3) is 0 Å². The van der Waals surface area contributed by atoms with Gasteiger partial charge in [-0.1, -0.05) is 35.5 Å². The summed E-state index contributed by atoms with van der Waals surface area (Å²) in [4.78, 5) is 16.8. The molecule has 0 bridgehead atoms. The monoisotopic (exact) mass is 342 g/mol. The molecule has 0 atom stereocenters. The average Bonchev–Trinajstić information content (AvgIpc) is 3.00. The van der Waals surface area contributed by atoms with E-state index in [1.807, 2.05) is 24.0 Å². The van der Waals surface area contributed by atoms with Gasteiger partial charge in [0, 0.05) is 37.8 Å². The van der Waals surface area contributed by atoms with E-state index in [1.165, 1.54) is 5.56 Å². The third kappa shape index (κ3) is 4.39. The van der Waals surface area contributed by atoms with Gasteiger partial charge in [0.15, 0.2) is 5.76 Å². The Kier molecular flexibility index (Phi) is 5.08. The fourth-order valence-corrected chi connectivity index (χ4v) is 3.23.